The van der Waals surface area contributed by atoms with Crippen molar-refractivity contribution in [3.8, 4) is 0 Å². The van der Waals surface area contributed by atoms with Crippen LogP contribution in [0.2, 0.25) is 0 Å². The highest BCUT2D eigenvalue weighted by molar-refractivity contribution is 7.12. The van der Waals surface area contributed by atoms with Crippen LogP contribution in [0.25, 0.3) is 0 Å². The minimum Gasteiger partial charge on any atom is -0.475 e. The van der Waals surface area contributed by atoms with Crippen molar-refractivity contribution < 1.29 is 14.3 Å². The van der Waals surface area contributed by atoms with E-state index in [1.54, 1.807) is 17.4 Å². The Hall–Kier alpha value is -1.59. The summed E-state index contributed by atoms with van der Waals surface area (Å²) in [5.74, 6) is -0.427. The van der Waals surface area contributed by atoms with Crippen LogP contribution in [0.5, 0.6) is 0 Å². The van der Waals surface area contributed by atoms with Crippen molar-refractivity contribution in [1.82, 2.24) is 5.32 Å². The Morgan fingerprint density at radius 3 is 2.50 bits per heavy atom. The summed E-state index contributed by atoms with van der Waals surface area (Å²) in [6, 6.07) is 5.53. The highest BCUT2D eigenvalue weighted by Crippen LogP contribution is 2.28. The molecule has 2 heterocycles. The van der Waals surface area contributed by atoms with E-state index < -0.39 is 5.97 Å². The smallest absolute Gasteiger partial charge is 0.371 e. The van der Waals surface area contributed by atoms with Crippen LogP contribution in [-0.4, -0.2) is 11.1 Å². The molecule has 0 amide bonds. The van der Waals surface area contributed by atoms with E-state index in [9.17, 15) is 4.79 Å². The first-order chi connectivity index (χ1) is 9.38. The predicted octanol–water partition coefficient (Wildman–Crippen LogP) is 4.07. The minimum atomic E-state index is -1.04. The molecule has 2 unspecified atom stereocenters. The molecule has 20 heavy (non-hydrogen) atoms. The van der Waals surface area contributed by atoms with Crippen molar-refractivity contribution in [2.45, 2.75) is 39.8 Å². The monoisotopic (exact) mass is 293 g/mol. The van der Waals surface area contributed by atoms with Gasteiger partial charge in [-0.05, 0) is 51.5 Å². The number of aromatic carboxylic acids is 1. The van der Waals surface area contributed by atoms with E-state index in [0.717, 1.165) is 0 Å². The Morgan fingerprint density at radius 2 is 2.00 bits per heavy atom. The van der Waals surface area contributed by atoms with Gasteiger partial charge in [-0.2, -0.15) is 0 Å². The molecule has 0 aliphatic carbocycles. The molecule has 2 rings (SSSR count). The summed E-state index contributed by atoms with van der Waals surface area (Å²) in [4.78, 5) is 13.4. The molecule has 2 aromatic heterocycles. The Balaban J connectivity index is 2.08. The number of hydrogen-bond donors (Lipinski definition) is 2. The largest absolute Gasteiger partial charge is 0.475 e. The van der Waals surface area contributed by atoms with Crippen LogP contribution in [0.4, 0.5) is 0 Å². The third-order valence-corrected chi connectivity index (χ3v) is 4.29. The number of nitrogens with one attached hydrogen (secondary N) is 1. The van der Waals surface area contributed by atoms with Crippen molar-refractivity contribution in [3.05, 3.63) is 45.0 Å². The lowest BCUT2D eigenvalue weighted by atomic mass is 10.1. The Labute approximate surface area is 122 Å². The fraction of sp³-hybridized carbons (Fsp3) is 0.400. The summed E-state index contributed by atoms with van der Waals surface area (Å²) in [5, 5.41) is 12.3. The normalized spacial score (nSPS) is 14.2. The van der Waals surface area contributed by atoms with Gasteiger partial charge in [-0.15, -0.1) is 11.3 Å². The number of aryl methyl sites for hydroxylation is 2. The Morgan fingerprint density at radius 1 is 1.30 bits per heavy atom. The topological polar surface area (TPSA) is 62.5 Å². The molecule has 0 fully saturated rings. The molecular weight excluding hydrogens is 274 g/mol. The molecule has 0 aromatic carbocycles. The SMILES string of the molecule is Cc1cc(C(C)NC(C)c2ccc(C(=O)O)o2)c(C)s1. The average molecular weight is 293 g/mol. The molecular formula is C15H19NO3S. The van der Waals surface area contributed by atoms with Crippen molar-refractivity contribution in [2.24, 2.45) is 0 Å². The van der Waals surface area contributed by atoms with E-state index in [4.69, 9.17) is 9.52 Å². The van der Waals surface area contributed by atoms with Gasteiger partial charge in [0.2, 0.25) is 5.76 Å². The Bertz CT molecular complexity index is 614. The van der Waals surface area contributed by atoms with Crippen LogP contribution in [0.1, 0.15) is 57.6 Å². The molecule has 4 nitrogen and oxygen atoms in total. The number of furan rings is 1. The quantitative estimate of drug-likeness (QED) is 0.872. The maximum Gasteiger partial charge on any atom is 0.371 e. The van der Waals surface area contributed by atoms with Crippen LogP contribution in [0.15, 0.2) is 22.6 Å². The lowest BCUT2D eigenvalue weighted by Gasteiger charge is -2.18. The number of carboxylic acids is 1. The van der Waals surface area contributed by atoms with E-state index in [-0.39, 0.29) is 17.8 Å². The average Bonchev–Trinajstić information content (AvgIpc) is 2.95. The highest BCUT2D eigenvalue weighted by Gasteiger charge is 2.18. The van der Waals surface area contributed by atoms with Gasteiger partial charge in [0, 0.05) is 15.8 Å². The van der Waals surface area contributed by atoms with Crippen LogP contribution in [-0.2, 0) is 0 Å². The van der Waals surface area contributed by atoms with E-state index in [2.05, 4.69) is 32.2 Å². The highest BCUT2D eigenvalue weighted by atomic mass is 32.1. The molecule has 0 radical (unpaired) electrons. The van der Waals surface area contributed by atoms with Crippen molar-refractivity contribution >= 4 is 17.3 Å². The summed E-state index contributed by atoms with van der Waals surface area (Å²) in [6.45, 7) is 8.29. The molecule has 2 atom stereocenters. The standard InChI is InChI=1S/C15H19NO3S/c1-8-7-12(11(4)20-8)9(2)16-10(3)13-5-6-14(19-13)15(17)18/h5-7,9-10,16H,1-4H3,(H,17,18). The fourth-order valence-corrected chi connectivity index (χ4v) is 3.35. The Kier molecular flexibility index (Phi) is 4.30. The molecule has 108 valence electrons. The summed E-state index contributed by atoms with van der Waals surface area (Å²) in [5.41, 5.74) is 1.28. The molecule has 5 heteroatoms. The van der Waals surface area contributed by atoms with Gasteiger partial charge in [0.15, 0.2) is 0 Å². The van der Waals surface area contributed by atoms with E-state index in [0.29, 0.717) is 5.76 Å². The lowest BCUT2D eigenvalue weighted by Crippen LogP contribution is -2.22. The van der Waals surface area contributed by atoms with Gasteiger partial charge in [0.05, 0.1) is 6.04 Å². The molecule has 0 aliphatic rings. The fourth-order valence-electron chi connectivity index (χ4n) is 2.33. The van der Waals surface area contributed by atoms with Crippen molar-refractivity contribution in [2.75, 3.05) is 0 Å². The van der Waals surface area contributed by atoms with Gasteiger partial charge >= 0.3 is 5.97 Å². The molecule has 2 N–H and O–H groups in total. The van der Waals surface area contributed by atoms with Crippen LogP contribution in [0, 0.1) is 13.8 Å². The minimum absolute atomic E-state index is 0.0242. The third-order valence-electron chi connectivity index (χ3n) is 3.31. The van der Waals surface area contributed by atoms with Gasteiger partial charge in [-0.25, -0.2) is 4.79 Å². The zero-order valence-corrected chi connectivity index (χ0v) is 12.9. The number of carbonyl (C=O) groups is 1. The van der Waals surface area contributed by atoms with Gasteiger partial charge in [-0.1, -0.05) is 0 Å². The molecule has 0 bridgehead atoms. The number of rotatable bonds is 5. The van der Waals surface area contributed by atoms with Gasteiger partial charge in [0.1, 0.15) is 5.76 Å². The van der Waals surface area contributed by atoms with Gasteiger partial charge in [0.25, 0.3) is 0 Å². The summed E-state index contributed by atoms with van der Waals surface area (Å²) in [7, 11) is 0. The van der Waals surface area contributed by atoms with E-state index in [1.807, 2.05) is 6.92 Å². The first kappa shape index (κ1) is 14.8. The number of thiophene rings is 1. The van der Waals surface area contributed by atoms with Gasteiger partial charge < -0.3 is 14.8 Å². The second-order valence-electron chi connectivity index (χ2n) is 4.99. The predicted molar refractivity (Wildman–Crippen MR) is 79.4 cm³/mol. The first-order valence-electron chi connectivity index (χ1n) is 6.54. The molecule has 0 saturated heterocycles. The van der Waals surface area contributed by atoms with Crippen LogP contribution >= 0.6 is 11.3 Å². The zero-order chi connectivity index (χ0) is 14.9. The van der Waals surface area contributed by atoms with Crippen molar-refractivity contribution in [1.29, 1.82) is 0 Å². The first-order valence-corrected chi connectivity index (χ1v) is 7.36. The second-order valence-corrected chi connectivity index (χ2v) is 6.45. The second kappa shape index (κ2) is 5.81. The molecule has 2 aromatic rings. The van der Waals surface area contributed by atoms with Crippen LogP contribution < -0.4 is 5.32 Å². The zero-order valence-electron chi connectivity index (χ0n) is 12.1. The lowest BCUT2D eigenvalue weighted by molar-refractivity contribution is 0.0659. The number of hydrogen-bond acceptors (Lipinski definition) is 4. The van der Waals surface area contributed by atoms with E-state index >= 15 is 0 Å². The molecule has 0 saturated carbocycles. The van der Waals surface area contributed by atoms with E-state index in [1.165, 1.54) is 21.4 Å². The third kappa shape index (κ3) is 3.11. The van der Waals surface area contributed by atoms with Crippen molar-refractivity contribution in [3.63, 3.8) is 0 Å². The summed E-state index contributed by atoms with van der Waals surface area (Å²) < 4.78 is 5.32. The molecule has 0 aliphatic heterocycles. The molecule has 0 spiro atoms. The summed E-state index contributed by atoms with van der Waals surface area (Å²) >= 11 is 1.79. The van der Waals surface area contributed by atoms with Gasteiger partial charge in [-0.3, -0.25) is 0 Å². The van der Waals surface area contributed by atoms with Crippen LogP contribution in [0.3, 0.4) is 0 Å². The maximum atomic E-state index is 10.8. The summed E-state index contributed by atoms with van der Waals surface area (Å²) in [6.07, 6.45) is 0. The maximum absolute atomic E-state index is 10.8. The number of carboxylic acid groups (broad SMARTS) is 1.